The van der Waals surface area contributed by atoms with Crippen molar-refractivity contribution in [1.29, 1.82) is 0 Å². The van der Waals surface area contributed by atoms with E-state index in [1.807, 2.05) is 17.5 Å². The zero-order valence-electron chi connectivity index (χ0n) is 10.2. The van der Waals surface area contributed by atoms with Crippen molar-refractivity contribution in [3.8, 4) is 10.8 Å². The molecule has 3 heterocycles. The minimum atomic E-state index is -1.06. The van der Waals surface area contributed by atoms with Crippen molar-refractivity contribution in [3.63, 3.8) is 0 Å². The van der Waals surface area contributed by atoms with Crippen LogP contribution in [0.25, 0.3) is 10.8 Å². The largest absolute Gasteiger partial charge is 0.476 e. The molecule has 5 nitrogen and oxygen atoms in total. The maximum Gasteiger partial charge on any atom is 0.358 e. The monoisotopic (exact) mass is 279 g/mol. The zero-order valence-corrected chi connectivity index (χ0v) is 11.0. The molecule has 6 heteroatoms. The lowest BCUT2D eigenvalue weighted by Gasteiger charge is -2.06. The summed E-state index contributed by atoms with van der Waals surface area (Å²) >= 11 is 1.47. The van der Waals surface area contributed by atoms with Crippen LogP contribution < -0.4 is 0 Å². The van der Waals surface area contributed by atoms with Gasteiger partial charge in [0.1, 0.15) is 5.76 Å². The molecular weight excluding hydrogens is 266 g/mol. The average molecular weight is 279 g/mol. The van der Waals surface area contributed by atoms with Gasteiger partial charge >= 0.3 is 5.97 Å². The van der Waals surface area contributed by atoms with Crippen LogP contribution in [0, 0.1) is 0 Å². The Bertz CT molecular complexity index is 569. The predicted octanol–water partition coefficient (Wildman–Crippen LogP) is 2.82. The molecule has 1 atom stereocenters. The van der Waals surface area contributed by atoms with E-state index in [1.165, 1.54) is 11.3 Å². The summed E-state index contributed by atoms with van der Waals surface area (Å²) < 4.78 is 11.1. The third-order valence-corrected chi connectivity index (χ3v) is 3.93. The smallest absolute Gasteiger partial charge is 0.358 e. The standard InChI is InChI=1S/C13H13NO4S/c15-13(16)11-9(7-8-3-1-5-17-8)18-12(14-11)10-4-2-6-19-10/h2,4,6,8H,1,3,5,7H2,(H,15,16). The molecule has 0 amide bonds. The summed E-state index contributed by atoms with van der Waals surface area (Å²) in [5.41, 5.74) is -0.00102. The maximum absolute atomic E-state index is 11.2. The van der Waals surface area contributed by atoms with Gasteiger partial charge in [-0.05, 0) is 24.3 Å². The van der Waals surface area contributed by atoms with Crippen LogP contribution in [0.5, 0.6) is 0 Å². The highest BCUT2D eigenvalue weighted by molar-refractivity contribution is 7.13. The Kier molecular flexibility index (Phi) is 3.35. The van der Waals surface area contributed by atoms with Crippen molar-refractivity contribution in [1.82, 2.24) is 4.98 Å². The molecule has 0 spiro atoms. The van der Waals surface area contributed by atoms with E-state index in [0.717, 1.165) is 24.3 Å². The summed E-state index contributed by atoms with van der Waals surface area (Å²) in [7, 11) is 0. The number of aromatic carboxylic acids is 1. The van der Waals surface area contributed by atoms with Gasteiger partial charge in [0.25, 0.3) is 0 Å². The van der Waals surface area contributed by atoms with Crippen molar-refractivity contribution >= 4 is 17.3 Å². The molecule has 1 N–H and O–H groups in total. The Morgan fingerprint density at radius 2 is 2.47 bits per heavy atom. The quantitative estimate of drug-likeness (QED) is 0.931. The molecule has 100 valence electrons. The maximum atomic E-state index is 11.2. The van der Waals surface area contributed by atoms with Crippen LogP contribution in [-0.2, 0) is 11.2 Å². The number of nitrogens with zero attached hydrogens (tertiary/aromatic N) is 1. The predicted molar refractivity (Wildman–Crippen MR) is 69.5 cm³/mol. The van der Waals surface area contributed by atoms with Crippen molar-refractivity contribution in [2.45, 2.75) is 25.4 Å². The van der Waals surface area contributed by atoms with Crippen molar-refractivity contribution in [2.75, 3.05) is 6.61 Å². The van der Waals surface area contributed by atoms with Crippen molar-refractivity contribution in [2.24, 2.45) is 0 Å². The van der Waals surface area contributed by atoms with E-state index in [4.69, 9.17) is 9.15 Å². The first-order chi connectivity index (χ1) is 9.24. The highest BCUT2D eigenvalue weighted by atomic mass is 32.1. The van der Waals surface area contributed by atoms with E-state index in [0.29, 0.717) is 18.1 Å². The van der Waals surface area contributed by atoms with E-state index in [-0.39, 0.29) is 11.8 Å². The number of carbonyl (C=O) groups is 1. The fourth-order valence-corrected chi connectivity index (χ4v) is 2.82. The van der Waals surface area contributed by atoms with Gasteiger partial charge < -0.3 is 14.3 Å². The fraction of sp³-hybridized carbons (Fsp3) is 0.385. The van der Waals surface area contributed by atoms with Gasteiger partial charge in [0.05, 0.1) is 11.0 Å². The lowest BCUT2D eigenvalue weighted by Crippen LogP contribution is -2.11. The molecule has 19 heavy (non-hydrogen) atoms. The second-order valence-electron chi connectivity index (χ2n) is 4.41. The molecule has 1 saturated heterocycles. The molecule has 0 aliphatic carbocycles. The first-order valence-electron chi connectivity index (χ1n) is 6.12. The van der Waals surface area contributed by atoms with Gasteiger partial charge in [-0.2, -0.15) is 0 Å². The van der Waals surface area contributed by atoms with Gasteiger partial charge in [-0.1, -0.05) is 6.07 Å². The second kappa shape index (κ2) is 5.14. The van der Waals surface area contributed by atoms with E-state index in [2.05, 4.69) is 4.98 Å². The number of carboxylic acid groups (broad SMARTS) is 1. The first kappa shape index (κ1) is 12.4. The first-order valence-corrected chi connectivity index (χ1v) is 7.00. The van der Waals surface area contributed by atoms with Gasteiger partial charge in [0.15, 0.2) is 5.69 Å². The molecule has 0 radical (unpaired) electrons. The SMILES string of the molecule is O=C(O)c1nc(-c2cccs2)oc1CC1CCCO1. The van der Waals surface area contributed by atoms with Gasteiger partial charge in [-0.3, -0.25) is 0 Å². The Balaban J connectivity index is 1.90. The summed E-state index contributed by atoms with van der Waals surface area (Å²) in [5, 5.41) is 11.1. The van der Waals surface area contributed by atoms with Crippen LogP contribution in [0.1, 0.15) is 29.1 Å². The number of thiophene rings is 1. The van der Waals surface area contributed by atoms with Crippen LogP contribution in [0.15, 0.2) is 21.9 Å². The number of hydrogen-bond donors (Lipinski definition) is 1. The Hall–Kier alpha value is -1.66. The second-order valence-corrected chi connectivity index (χ2v) is 5.36. The van der Waals surface area contributed by atoms with E-state index >= 15 is 0 Å². The van der Waals surface area contributed by atoms with Crippen LogP contribution in [0.3, 0.4) is 0 Å². The summed E-state index contributed by atoms with van der Waals surface area (Å²) in [5.74, 6) is -0.275. The minimum Gasteiger partial charge on any atom is -0.476 e. The molecule has 2 aromatic rings. The molecule has 2 aromatic heterocycles. The Labute approximate surface area is 113 Å². The molecule has 3 rings (SSSR count). The number of carboxylic acids is 1. The zero-order chi connectivity index (χ0) is 13.2. The molecule has 1 aliphatic rings. The van der Waals surface area contributed by atoms with Gasteiger partial charge in [-0.15, -0.1) is 11.3 Å². The molecule has 1 fully saturated rings. The molecule has 0 saturated carbocycles. The van der Waals surface area contributed by atoms with E-state index in [9.17, 15) is 9.90 Å². The van der Waals surface area contributed by atoms with Crippen LogP contribution in [-0.4, -0.2) is 28.8 Å². The summed E-state index contributed by atoms with van der Waals surface area (Å²) in [4.78, 5) is 16.1. The van der Waals surface area contributed by atoms with Crippen molar-refractivity contribution in [3.05, 3.63) is 29.0 Å². The number of aromatic nitrogens is 1. The highest BCUT2D eigenvalue weighted by Crippen LogP contribution is 2.28. The summed E-state index contributed by atoms with van der Waals surface area (Å²) in [6.45, 7) is 0.735. The number of ether oxygens (including phenoxy) is 1. The van der Waals surface area contributed by atoms with Gasteiger partial charge in [0, 0.05) is 13.0 Å². The van der Waals surface area contributed by atoms with E-state index in [1.54, 1.807) is 0 Å². The van der Waals surface area contributed by atoms with Crippen LogP contribution in [0.4, 0.5) is 0 Å². The Morgan fingerprint density at radius 1 is 1.58 bits per heavy atom. The third-order valence-electron chi connectivity index (χ3n) is 3.07. The lowest BCUT2D eigenvalue weighted by molar-refractivity contribution is 0.0685. The Morgan fingerprint density at radius 3 is 3.11 bits per heavy atom. The van der Waals surface area contributed by atoms with Gasteiger partial charge in [0.2, 0.25) is 5.89 Å². The highest BCUT2D eigenvalue weighted by Gasteiger charge is 2.25. The summed E-state index contributed by atoms with van der Waals surface area (Å²) in [6, 6.07) is 3.74. The summed E-state index contributed by atoms with van der Waals surface area (Å²) in [6.07, 6.45) is 2.47. The molecule has 1 unspecified atom stereocenters. The molecular formula is C13H13NO4S. The molecule has 1 aliphatic heterocycles. The third kappa shape index (κ3) is 2.54. The molecule has 0 bridgehead atoms. The van der Waals surface area contributed by atoms with Crippen molar-refractivity contribution < 1.29 is 19.1 Å². The number of hydrogen-bond acceptors (Lipinski definition) is 5. The normalized spacial score (nSPS) is 18.8. The van der Waals surface area contributed by atoms with Crippen LogP contribution >= 0.6 is 11.3 Å². The topological polar surface area (TPSA) is 72.6 Å². The fourth-order valence-electron chi connectivity index (χ4n) is 2.17. The van der Waals surface area contributed by atoms with E-state index < -0.39 is 5.97 Å². The molecule has 0 aromatic carbocycles. The number of oxazole rings is 1. The van der Waals surface area contributed by atoms with Gasteiger partial charge in [-0.25, -0.2) is 9.78 Å². The van der Waals surface area contributed by atoms with Crippen LogP contribution in [0.2, 0.25) is 0 Å². The average Bonchev–Trinajstić information content (AvgIpc) is 3.09. The number of rotatable bonds is 4. The minimum absolute atomic E-state index is 0.00102. The lowest BCUT2D eigenvalue weighted by atomic mass is 10.1.